The summed E-state index contributed by atoms with van der Waals surface area (Å²) in [4.78, 5) is 2.31. The molecule has 0 amide bonds. The standard InChI is InChI=1S/C15H23FN2/c1-4-11(2)14-10-18(9-8-17-14)15-7-5-6-13(16)12(15)3/h5-7,11,14,17H,4,8-10H2,1-3H3. The molecule has 0 saturated carbocycles. The Labute approximate surface area is 109 Å². The van der Waals surface area contributed by atoms with E-state index in [4.69, 9.17) is 0 Å². The molecule has 0 aliphatic carbocycles. The van der Waals surface area contributed by atoms with Crippen molar-refractivity contribution in [2.24, 2.45) is 5.92 Å². The number of piperazine rings is 1. The van der Waals surface area contributed by atoms with Gasteiger partial charge >= 0.3 is 0 Å². The molecule has 0 aromatic heterocycles. The Balaban J connectivity index is 2.15. The van der Waals surface area contributed by atoms with Crippen LogP contribution in [0.2, 0.25) is 0 Å². The Morgan fingerprint density at radius 1 is 1.50 bits per heavy atom. The van der Waals surface area contributed by atoms with Crippen molar-refractivity contribution < 1.29 is 4.39 Å². The first kappa shape index (κ1) is 13.3. The molecular formula is C15H23FN2. The highest BCUT2D eigenvalue weighted by Gasteiger charge is 2.24. The molecule has 2 unspecified atom stereocenters. The summed E-state index contributed by atoms with van der Waals surface area (Å²) < 4.78 is 13.6. The maximum absolute atomic E-state index is 13.6. The van der Waals surface area contributed by atoms with E-state index in [9.17, 15) is 4.39 Å². The van der Waals surface area contributed by atoms with Crippen LogP contribution >= 0.6 is 0 Å². The van der Waals surface area contributed by atoms with Crippen LogP contribution in [0.5, 0.6) is 0 Å². The van der Waals surface area contributed by atoms with Gasteiger partial charge in [0.05, 0.1) is 0 Å². The zero-order valence-electron chi connectivity index (χ0n) is 11.5. The summed E-state index contributed by atoms with van der Waals surface area (Å²) in [5, 5.41) is 3.57. The third kappa shape index (κ3) is 2.66. The molecule has 1 heterocycles. The van der Waals surface area contributed by atoms with Crippen LogP contribution in [0, 0.1) is 18.7 Å². The van der Waals surface area contributed by atoms with Gasteiger partial charge < -0.3 is 10.2 Å². The van der Waals surface area contributed by atoms with Gasteiger partial charge in [0.2, 0.25) is 0 Å². The van der Waals surface area contributed by atoms with Crippen molar-refractivity contribution in [2.45, 2.75) is 33.2 Å². The molecule has 1 aromatic carbocycles. The number of benzene rings is 1. The van der Waals surface area contributed by atoms with E-state index >= 15 is 0 Å². The topological polar surface area (TPSA) is 15.3 Å². The number of halogens is 1. The van der Waals surface area contributed by atoms with Gasteiger partial charge in [-0.15, -0.1) is 0 Å². The van der Waals surface area contributed by atoms with Gasteiger partial charge in [0.25, 0.3) is 0 Å². The Morgan fingerprint density at radius 3 is 3.00 bits per heavy atom. The lowest BCUT2D eigenvalue weighted by atomic mass is 9.96. The second-order valence-corrected chi connectivity index (χ2v) is 5.28. The quantitative estimate of drug-likeness (QED) is 0.887. The fraction of sp³-hybridized carbons (Fsp3) is 0.600. The minimum atomic E-state index is -0.105. The van der Waals surface area contributed by atoms with E-state index in [0.717, 1.165) is 30.9 Å². The molecule has 100 valence electrons. The fourth-order valence-electron chi connectivity index (χ4n) is 2.60. The summed E-state index contributed by atoms with van der Waals surface area (Å²) in [6.45, 7) is 9.27. The average Bonchev–Trinajstić information content (AvgIpc) is 2.41. The van der Waals surface area contributed by atoms with E-state index < -0.39 is 0 Å². The summed E-state index contributed by atoms with van der Waals surface area (Å²) >= 11 is 0. The third-order valence-electron chi connectivity index (χ3n) is 4.12. The zero-order valence-corrected chi connectivity index (χ0v) is 11.5. The van der Waals surface area contributed by atoms with Crippen molar-refractivity contribution in [1.29, 1.82) is 0 Å². The Kier molecular flexibility index (Phi) is 4.23. The molecule has 2 rings (SSSR count). The van der Waals surface area contributed by atoms with Crippen molar-refractivity contribution in [3.8, 4) is 0 Å². The number of nitrogens with one attached hydrogen (secondary N) is 1. The van der Waals surface area contributed by atoms with E-state index in [0.29, 0.717) is 12.0 Å². The van der Waals surface area contributed by atoms with Gasteiger partial charge in [-0.25, -0.2) is 4.39 Å². The first-order valence-electron chi connectivity index (χ1n) is 6.87. The minimum Gasteiger partial charge on any atom is -0.368 e. The molecule has 18 heavy (non-hydrogen) atoms. The van der Waals surface area contributed by atoms with Crippen molar-refractivity contribution in [2.75, 3.05) is 24.5 Å². The van der Waals surface area contributed by atoms with Gasteiger partial charge in [0.15, 0.2) is 0 Å². The first-order chi connectivity index (χ1) is 8.63. The lowest BCUT2D eigenvalue weighted by Gasteiger charge is -2.38. The normalized spacial score (nSPS) is 22.0. The Bertz CT molecular complexity index is 405. The molecule has 1 saturated heterocycles. The predicted octanol–water partition coefficient (Wildman–Crippen LogP) is 2.96. The lowest BCUT2D eigenvalue weighted by molar-refractivity contribution is 0.341. The average molecular weight is 250 g/mol. The van der Waals surface area contributed by atoms with Crippen molar-refractivity contribution in [3.05, 3.63) is 29.6 Å². The van der Waals surface area contributed by atoms with E-state index in [1.165, 1.54) is 12.5 Å². The number of hydrogen-bond donors (Lipinski definition) is 1. The lowest BCUT2D eigenvalue weighted by Crippen LogP contribution is -2.53. The van der Waals surface area contributed by atoms with E-state index in [1.807, 2.05) is 13.0 Å². The van der Waals surface area contributed by atoms with Gasteiger partial charge in [-0.3, -0.25) is 0 Å². The van der Waals surface area contributed by atoms with Crippen molar-refractivity contribution in [1.82, 2.24) is 5.32 Å². The molecule has 1 fully saturated rings. The van der Waals surface area contributed by atoms with Crippen LogP contribution in [0.25, 0.3) is 0 Å². The van der Waals surface area contributed by atoms with Gasteiger partial charge in [-0.1, -0.05) is 26.3 Å². The molecule has 2 atom stereocenters. The van der Waals surface area contributed by atoms with Crippen LogP contribution in [0.4, 0.5) is 10.1 Å². The maximum atomic E-state index is 13.6. The monoisotopic (exact) mass is 250 g/mol. The van der Waals surface area contributed by atoms with Gasteiger partial charge in [-0.05, 0) is 25.0 Å². The first-order valence-corrected chi connectivity index (χ1v) is 6.87. The third-order valence-corrected chi connectivity index (χ3v) is 4.12. The summed E-state index contributed by atoms with van der Waals surface area (Å²) in [5.41, 5.74) is 1.81. The van der Waals surface area contributed by atoms with Crippen LogP contribution in [0.1, 0.15) is 25.8 Å². The summed E-state index contributed by atoms with van der Waals surface area (Å²) in [6.07, 6.45) is 1.17. The molecule has 1 aliphatic heterocycles. The number of nitrogens with zero attached hydrogens (tertiary/aromatic N) is 1. The Hall–Kier alpha value is -1.09. The smallest absolute Gasteiger partial charge is 0.128 e. The summed E-state index contributed by atoms with van der Waals surface area (Å²) in [6, 6.07) is 5.87. The van der Waals surface area contributed by atoms with Crippen molar-refractivity contribution in [3.63, 3.8) is 0 Å². The second-order valence-electron chi connectivity index (χ2n) is 5.28. The second kappa shape index (κ2) is 5.70. The molecule has 1 aromatic rings. The number of rotatable bonds is 3. The molecule has 2 nitrogen and oxygen atoms in total. The minimum absolute atomic E-state index is 0.105. The van der Waals surface area contributed by atoms with E-state index in [-0.39, 0.29) is 5.82 Å². The maximum Gasteiger partial charge on any atom is 0.128 e. The Morgan fingerprint density at radius 2 is 2.28 bits per heavy atom. The highest BCUT2D eigenvalue weighted by molar-refractivity contribution is 5.54. The van der Waals surface area contributed by atoms with Crippen LogP contribution in [0.3, 0.4) is 0 Å². The molecule has 1 N–H and O–H groups in total. The number of anilines is 1. The molecule has 0 bridgehead atoms. The van der Waals surface area contributed by atoms with Crippen LogP contribution in [-0.4, -0.2) is 25.7 Å². The highest BCUT2D eigenvalue weighted by Crippen LogP contribution is 2.24. The molecular weight excluding hydrogens is 227 g/mol. The molecule has 3 heteroatoms. The summed E-state index contributed by atoms with van der Waals surface area (Å²) in [7, 11) is 0. The van der Waals surface area contributed by atoms with Crippen molar-refractivity contribution >= 4 is 5.69 Å². The number of hydrogen-bond acceptors (Lipinski definition) is 2. The molecule has 1 aliphatic rings. The van der Waals surface area contributed by atoms with Crippen LogP contribution in [0.15, 0.2) is 18.2 Å². The fourth-order valence-corrected chi connectivity index (χ4v) is 2.60. The van der Waals surface area contributed by atoms with Gasteiger partial charge in [-0.2, -0.15) is 0 Å². The highest BCUT2D eigenvalue weighted by atomic mass is 19.1. The van der Waals surface area contributed by atoms with Crippen LogP contribution in [-0.2, 0) is 0 Å². The largest absolute Gasteiger partial charge is 0.368 e. The summed E-state index contributed by atoms with van der Waals surface area (Å²) in [5.74, 6) is 0.549. The predicted molar refractivity (Wildman–Crippen MR) is 74.6 cm³/mol. The van der Waals surface area contributed by atoms with Gasteiger partial charge in [0, 0.05) is 36.9 Å². The van der Waals surface area contributed by atoms with Gasteiger partial charge in [0.1, 0.15) is 5.82 Å². The van der Waals surface area contributed by atoms with Crippen LogP contribution < -0.4 is 10.2 Å². The van der Waals surface area contributed by atoms with E-state index in [1.54, 1.807) is 6.07 Å². The zero-order chi connectivity index (χ0) is 13.1. The molecule has 0 spiro atoms. The van der Waals surface area contributed by atoms with E-state index in [2.05, 4.69) is 24.1 Å². The SMILES string of the molecule is CCC(C)C1CN(c2cccc(F)c2C)CCN1. The molecule has 0 radical (unpaired) electrons.